The lowest BCUT2D eigenvalue weighted by Gasteiger charge is -1.85. The van der Waals surface area contributed by atoms with Crippen molar-refractivity contribution >= 4 is 12.6 Å². The molecule has 0 heterocycles. The van der Waals surface area contributed by atoms with Gasteiger partial charge in [0, 0.05) is 0 Å². The third kappa shape index (κ3) is 5.44. The Labute approximate surface area is 62.4 Å². The molecule has 0 nitrogen and oxygen atoms in total. The van der Waals surface area contributed by atoms with Gasteiger partial charge in [0.05, 0.1) is 0 Å². The average Bonchev–Trinajstić information content (AvgIpc) is 1.83. The molecule has 0 atom stereocenters. The number of hydrogen-bond acceptors (Lipinski definition) is 1. The van der Waals surface area contributed by atoms with E-state index in [1.807, 2.05) is 32.1 Å². The first-order valence-electron chi connectivity index (χ1n) is 2.83. The zero-order chi connectivity index (χ0) is 7.28. The first kappa shape index (κ1) is 8.57. The molecule has 0 fully saturated rings. The minimum Gasteiger partial charge on any atom is -0.148 e. The highest BCUT2D eigenvalue weighted by atomic mass is 32.1. The lowest BCUT2D eigenvalue weighted by Crippen LogP contribution is -1.63. The second-order valence-electron chi connectivity index (χ2n) is 1.92. The van der Waals surface area contributed by atoms with E-state index < -0.39 is 0 Å². The van der Waals surface area contributed by atoms with Crippen LogP contribution >= 0.6 is 12.6 Å². The Hall–Kier alpha value is -0.430. The second-order valence-corrected chi connectivity index (χ2v) is 2.63. The number of allylic oxidation sites excluding steroid dienone is 5. The summed E-state index contributed by atoms with van der Waals surface area (Å²) in [7, 11) is 0. The maximum absolute atomic E-state index is 4.09. The Morgan fingerprint density at radius 3 is 2.22 bits per heavy atom. The number of thiol groups is 1. The van der Waals surface area contributed by atoms with Crippen LogP contribution in [0, 0.1) is 0 Å². The summed E-state index contributed by atoms with van der Waals surface area (Å²) in [5, 5.41) is 0. The van der Waals surface area contributed by atoms with E-state index in [0.717, 1.165) is 10.5 Å². The van der Waals surface area contributed by atoms with Crippen molar-refractivity contribution in [1.82, 2.24) is 0 Å². The van der Waals surface area contributed by atoms with Crippen LogP contribution in [-0.2, 0) is 0 Å². The fraction of sp³-hybridized carbons (Fsp3) is 0.250. The highest BCUT2D eigenvalue weighted by Gasteiger charge is 1.75. The van der Waals surface area contributed by atoms with Gasteiger partial charge < -0.3 is 0 Å². The van der Waals surface area contributed by atoms with Crippen LogP contribution in [0.3, 0.4) is 0 Å². The molecule has 0 bridgehead atoms. The summed E-state index contributed by atoms with van der Waals surface area (Å²) in [6, 6.07) is 0. The minimum absolute atomic E-state index is 1.01. The largest absolute Gasteiger partial charge is 0.148 e. The maximum Gasteiger partial charge on any atom is -0.0215 e. The quantitative estimate of drug-likeness (QED) is 0.442. The van der Waals surface area contributed by atoms with Gasteiger partial charge in [0.25, 0.3) is 0 Å². The summed E-state index contributed by atoms with van der Waals surface area (Å²) in [6.45, 7) is 7.56. The van der Waals surface area contributed by atoms with Gasteiger partial charge in [-0.25, -0.2) is 0 Å². The van der Waals surface area contributed by atoms with Gasteiger partial charge in [0.1, 0.15) is 0 Å². The van der Waals surface area contributed by atoms with E-state index in [2.05, 4.69) is 19.2 Å². The van der Waals surface area contributed by atoms with Gasteiger partial charge in [0.2, 0.25) is 0 Å². The molecule has 0 radical (unpaired) electrons. The van der Waals surface area contributed by atoms with Crippen LogP contribution in [0.25, 0.3) is 0 Å². The molecule has 9 heavy (non-hydrogen) atoms. The van der Waals surface area contributed by atoms with Gasteiger partial charge in [-0.05, 0) is 18.8 Å². The molecule has 0 rings (SSSR count). The predicted molar refractivity (Wildman–Crippen MR) is 46.7 cm³/mol. The molecule has 0 aliphatic carbocycles. The summed E-state index contributed by atoms with van der Waals surface area (Å²) in [5.41, 5.74) is 1.16. The molecule has 0 spiro atoms. The average molecular weight is 140 g/mol. The van der Waals surface area contributed by atoms with Gasteiger partial charge in [-0.2, -0.15) is 0 Å². The molecule has 0 aromatic rings. The molecule has 0 saturated carbocycles. The maximum atomic E-state index is 4.09. The van der Waals surface area contributed by atoms with E-state index in [1.54, 1.807) is 0 Å². The van der Waals surface area contributed by atoms with Gasteiger partial charge in [0.15, 0.2) is 0 Å². The molecule has 0 aromatic heterocycles. The van der Waals surface area contributed by atoms with Crippen LogP contribution in [0.5, 0.6) is 0 Å². The number of rotatable bonds is 2. The lowest BCUT2D eigenvalue weighted by molar-refractivity contribution is 1.52. The van der Waals surface area contributed by atoms with Crippen molar-refractivity contribution in [2.24, 2.45) is 0 Å². The standard InChI is InChI=1S/C8H12S/c1-4-7(2)5-6-8(3)9/h4-6,9H,1H2,2-3H3/b7-5-,8-6+. The predicted octanol–water partition coefficient (Wildman–Crippen LogP) is 2.95. The lowest BCUT2D eigenvalue weighted by atomic mass is 10.3. The van der Waals surface area contributed by atoms with Crippen molar-refractivity contribution in [3.8, 4) is 0 Å². The van der Waals surface area contributed by atoms with Gasteiger partial charge in [-0.3, -0.25) is 0 Å². The van der Waals surface area contributed by atoms with Gasteiger partial charge >= 0.3 is 0 Å². The molecule has 0 amide bonds. The Morgan fingerprint density at radius 2 is 1.89 bits per heavy atom. The Morgan fingerprint density at radius 1 is 1.33 bits per heavy atom. The number of hydrogen-bond donors (Lipinski definition) is 1. The summed E-state index contributed by atoms with van der Waals surface area (Å²) >= 11 is 4.09. The zero-order valence-electron chi connectivity index (χ0n) is 5.89. The minimum atomic E-state index is 1.01. The monoisotopic (exact) mass is 140 g/mol. The van der Waals surface area contributed by atoms with Crippen LogP contribution in [0.1, 0.15) is 13.8 Å². The van der Waals surface area contributed by atoms with E-state index in [9.17, 15) is 0 Å². The summed E-state index contributed by atoms with van der Waals surface area (Å²) in [4.78, 5) is 1.01. The Bertz CT molecular complexity index is 148. The highest BCUT2D eigenvalue weighted by Crippen LogP contribution is 2.00. The van der Waals surface area contributed by atoms with E-state index in [-0.39, 0.29) is 0 Å². The van der Waals surface area contributed by atoms with Crippen LogP contribution in [0.2, 0.25) is 0 Å². The summed E-state index contributed by atoms with van der Waals surface area (Å²) < 4.78 is 0. The van der Waals surface area contributed by atoms with E-state index in [0.29, 0.717) is 0 Å². The van der Waals surface area contributed by atoms with Crippen molar-refractivity contribution in [2.45, 2.75) is 13.8 Å². The first-order valence-corrected chi connectivity index (χ1v) is 3.28. The van der Waals surface area contributed by atoms with Crippen molar-refractivity contribution in [3.63, 3.8) is 0 Å². The van der Waals surface area contributed by atoms with Crippen LogP contribution < -0.4 is 0 Å². The van der Waals surface area contributed by atoms with E-state index in [1.165, 1.54) is 0 Å². The third-order valence-corrected chi connectivity index (χ3v) is 1.06. The fourth-order valence-electron chi connectivity index (χ4n) is 0.320. The highest BCUT2D eigenvalue weighted by molar-refractivity contribution is 7.84. The van der Waals surface area contributed by atoms with E-state index >= 15 is 0 Å². The molecule has 0 unspecified atom stereocenters. The molecule has 0 saturated heterocycles. The van der Waals surface area contributed by atoms with Crippen LogP contribution in [0.4, 0.5) is 0 Å². The SMILES string of the molecule is C=C/C(C)=C\C=C(/C)S. The topological polar surface area (TPSA) is 0 Å². The van der Waals surface area contributed by atoms with Crippen molar-refractivity contribution < 1.29 is 0 Å². The van der Waals surface area contributed by atoms with E-state index in [4.69, 9.17) is 0 Å². The molecule has 50 valence electrons. The molecule has 0 aliphatic rings. The molecular formula is C8H12S. The molecule has 0 aromatic carbocycles. The van der Waals surface area contributed by atoms with Crippen molar-refractivity contribution in [2.75, 3.05) is 0 Å². The summed E-state index contributed by atoms with van der Waals surface area (Å²) in [6.07, 6.45) is 5.74. The summed E-state index contributed by atoms with van der Waals surface area (Å²) in [5.74, 6) is 0. The Balaban J connectivity index is 3.98. The second kappa shape index (κ2) is 4.45. The van der Waals surface area contributed by atoms with Gasteiger partial charge in [-0.15, -0.1) is 12.6 Å². The van der Waals surface area contributed by atoms with Crippen LogP contribution in [-0.4, -0.2) is 0 Å². The third-order valence-electron chi connectivity index (χ3n) is 0.909. The first-order chi connectivity index (χ1) is 4.16. The Kier molecular flexibility index (Phi) is 4.24. The smallest absolute Gasteiger partial charge is 0.0215 e. The normalized spacial score (nSPS) is 13.7. The zero-order valence-corrected chi connectivity index (χ0v) is 6.78. The van der Waals surface area contributed by atoms with Crippen molar-refractivity contribution in [3.05, 3.63) is 35.3 Å². The molecule has 0 aliphatic heterocycles. The molecular weight excluding hydrogens is 128 g/mol. The molecule has 0 N–H and O–H groups in total. The van der Waals surface area contributed by atoms with Crippen molar-refractivity contribution in [1.29, 1.82) is 0 Å². The van der Waals surface area contributed by atoms with Gasteiger partial charge in [-0.1, -0.05) is 30.4 Å². The fourth-order valence-corrected chi connectivity index (χ4v) is 0.395. The molecule has 1 heteroatoms. The van der Waals surface area contributed by atoms with Crippen LogP contribution in [0.15, 0.2) is 35.3 Å².